The molecule has 3 aromatic rings. The van der Waals surface area contributed by atoms with Crippen molar-refractivity contribution in [3.63, 3.8) is 0 Å². The summed E-state index contributed by atoms with van der Waals surface area (Å²) in [6, 6.07) is 25.3. The van der Waals surface area contributed by atoms with Crippen molar-refractivity contribution in [2.75, 3.05) is 39.3 Å². The number of aliphatic hydroxyl groups is 1. The van der Waals surface area contributed by atoms with Gasteiger partial charge < -0.3 is 30.1 Å². The van der Waals surface area contributed by atoms with Crippen LogP contribution in [-0.4, -0.2) is 72.4 Å². The molecule has 3 saturated heterocycles. The number of hydrogen-bond donors (Lipinski definition) is 3. The molecule has 4 unspecified atom stereocenters. The van der Waals surface area contributed by atoms with Gasteiger partial charge in [-0.2, -0.15) is 0 Å². The van der Waals surface area contributed by atoms with Crippen molar-refractivity contribution < 1.29 is 19.4 Å². The topological polar surface area (TPSA) is 86.3 Å². The molecule has 2 amide bonds. The molecule has 8 nitrogen and oxygen atoms in total. The van der Waals surface area contributed by atoms with Crippen molar-refractivity contribution in [2.45, 2.75) is 76.7 Å². The van der Waals surface area contributed by atoms with Crippen molar-refractivity contribution in [1.82, 2.24) is 20.4 Å². The molecule has 8 heteroatoms. The minimum absolute atomic E-state index is 0.0352. The lowest BCUT2D eigenvalue weighted by Gasteiger charge is -2.39. The van der Waals surface area contributed by atoms with Crippen LogP contribution in [0, 0.1) is 0 Å². The summed E-state index contributed by atoms with van der Waals surface area (Å²) in [5.74, 6) is 0. The molecule has 45 heavy (non-hydrogen) atoms. The Morgan fingerprint density at radius 3 is 2.38 bits per heavy atom. The van der Waals surface area contributed by atoms with Gasteiger partial charge in [-0.1, -0.05) is 66.7 Å². The Morgan fingerprint density at radius 2 is 1.62 bits per heavy atom. The van der Waals surface area contributed by atoms with Crippen LogP contribution in [0.1, 0.15) is 73.7 Å². The first-order valence-electron chi connectivity index (χ1n) is 16.8. The molecule has 3 N–H and O–H groups in total. The minimum Gasteiger partial charge on any atom is -0.392 e. The maximum absolute atomic E-state index is 11.8. The molecule has 3 fully saturated rings. The number of benzene rings is 3. The van der Waals surface area contributed by atoms with Gasteiger partial charge in [0.15, 0.2) is 6.29 Å². The van der Waals surface area contributed by atoms with Gasteiger partial charge in [0.25, 0.3) is 0 Å². The summed E-state index contributed by atoms with van der Waals surface area (Å²) < 4.78 is 13.4. The fourth-order valence-electron chi connectivity index (χ4n) is 7.00. The van der Waals surface area contributed by atoms with Crippen LogP contribution in [0.2, 0.25) is 0 Å². The van der Waals surface area contributed by atoms with Gasteiger partial charge in [0.2, 0.25) is 0 Å². The van der Waals surface area contributed by atoms with E-state index in [9.17, 15) is 9.90 Å². The van der Waals surface area contributed by atoms with Gasteiger partial charge in [-0.3, -0.25) is 4.90 Å². The monoisotopic (exact) mass is 612 g/mol. The number of carbonyl (C=O) groups excluding carboxylic acids is 1. The summed E-state index contributed by atoms with van der Waals surface area (Å²) >= 11 is 0. The van der Waals surface area contributed by atoms with E-state index >= 15 is 0 Å². The molecule has 0 radical (unpaired) electrons. The zero-order valence-corrected chi connectivity index (χ0v) is 26.5. The molecule has 6 rings (SSSR count). The number of ether oxygens (including phenoxy) is 2. The Hall–Kier alpha value is -3.27. The lowest BCUT2D eigenvalue weighted by Crippen LogP contribution is -2.45. The van der Waals surface area contributed by atoms with Gasteiger partial charge in [0, 0.05) is 44.2 Å². The van der Waals surface area contributed by atoms with E-state index in [1.807, 2.05) is 31.2 Å². The molecule has 0 saturated carbocycles. The largest absolute Gasteiger partial charge is 0.392 e. The molecule has 0 aromatic heterocycles. The average Bonchev–Trinajstić information content (AvgIpc) is 3.76. The normalized spacial score (nSPS) is 24.1. The van der Waals surface area contributed by atoms with E-state index in [1.54, 1.807) is 0 Å². The van der Waals surface area contributed by atoms with Crippen LogP contribution in [0.5, 0.6) is 0 Å². The molecule has 0 bridgehead atoms. The highest BCUT2D eigenvalue weighted by molar-refractivity contribution is 5.73. The highest BCUT2D eigenvalue weighted by Gasteiger charge is 2.36. The maximum Gasteiger partial charge on any atom is 0.315 e. The Balaban J connectivity index is 1.16. The van der Waals surface area contributed by atoms with Crippen LogP contribution in [0.25, 0.3) is 11.1 Å². The number of nitrogens with zero attached hydrogens (tertiary/aromatic N) is 2. The third-order valence-electron chi connectivity index (χ3n) is 9.45. The molecule has 0 spiro atoms. The van der Waals surface area contributed by atoms with Crippen LogP contribution in [0.3, 0.4) is 0 Å². The van der Waals surface area contributed by atoms with E-state index in [0.29, 0.717) is 19.1 Å². The first-order valence-corrected chi connectivity index (χ1v) is 16.8. The third kappa shape index (κ3) is 8.31. The molecule has 3 aliphatic heterocycles. The van der Waals surface area contributed by atoms with Crippen LogP contribution in [0.4, 0.5) is 4.79 Å². The highest BCUT2D eigenvalue weighted by Crippen LogP contribution is 2.39. The second-order valence-electron chi connectivity index (χ2n) is 12.7. The summed E-state index contributed by atoms with van der Waals surface area (Å²) in [5, 5.41) is 15.2. The lowest BCUT2D eigenvalue weighted by atomic mass is 9.98. The van der Waals surface area contributed by atoms with Crippen molar-refractivity contribution in [3.8, 4) is 11.1 Å². The van der Waals surface area contributed by atoms with Gasteiger partial charge in [-0.25, -0.2) is 4.79 Å². The van der Waals surface area contributed by atoms with Crippen molar-refractivity contribution in [3.05, 3.63) is 95.1 Å². The molecule has 240 valence electrons. The molecule has 4 atom stereocenters. The molecule has 3 aromatic carbocycles. The third-order valence-corrected chi connectivity index (χ3v) is 9.45. The Kier molecular flexibility index (Phi) is 10.8. The van der Waals surface area contributed by atoms with Gasteiger partial charge in [0.05, 0.1) is 18.8 Å². The summed E-state index contributed by atoms with van der Waals surface area (Å²) in [6.45, 7) is 8.70. The number of hydrogen-bond acceptors (Lipinski definition) is 6. The van der Waals surface area contributed by atoms with Crippen molar-refractivity contribution in [1.29, 1.82) is 0 Å². The van der Waals surface area contributed by atoms with Gasteiger partial charge in [-0.05, 0) is 86.1 Å². The zero-order valence-electron chi connectivity index (χ0n) is 26.5. The Morgan fingerprint density at radius 1 is 0.844 bits per heavy atom. The van der Waals surface area contributed by atoms with Gasteiger partial charge >= 0.3 is 6.03 Å². The molecular weight excluding hydrogens is 564 g/mol. The van der Waals surface area contributed by atoms with Gasteiger partial charge in [0.1, 0.15) is 0 Å². The predicted molar refractivity (Wildman–Crippen MR) is 176 cm³/mol. The van der Waals surface area contributed by atoms with E-state index < -0.39 is 6.29 Å². The van der Waals surface area contributed by atoms with Crippen molar-refractivity contribution >= 4 is 6.03 Å². The summed E-state index contributed by atoms with van der Waals surface area (Å²) in [6.07, 6.45) is 5.47. The molecular formula is C37H48N4O4. The second kappa shape index (κ2) is 15.3. The minimum atomic E-state index is -0.465. The summed E-state index contributed by atoms with van der Waals surface area (Å²) in [5.41, 5.74) is 6.27. The first-order chi connectivity index (χ1) is 22.1. The fourth-order valence-corrected chi connectivity index (χ4v) is 7.00. The van der Waals surface area contributed by atoms with Gasteiger partial charge in [-0.15, -0.1) is 0 Å². The zero-order chi connectivity index (χ0) is 31.0. The number of urea groups is 1. The number of carbonyl (C=O) groups is 1. The van der Waals surface area contributed by atoms with Crippen LogP contribution >= 0.6 is 0 Å². The van der Waals surface area contributed by atoms with Crippen molar-refractivity contribution in [2.24, 2.45) is 0 Å². The smallest absolute Gasteiger partial charge is 0.315 e. The number of nitrogens with one attached hydrogen (secondary N) is 2. The highest BCUT2D eigenvalue weighted by atomic mass is 16.7. The van der Waals surface area contributed by atoms with E-state index in [2.05, 4.69) is 69.0 Å². The Labute approximate surface area is 267 Å². The molecule has 3 heterocycles. The standard InChI is InChI=1S/C37H48N4O4/c1-2-38-37(43)39-23-28-7-5-8-32(21-28)29-14-16-31(17-15-29)36-44-34(22-35(45-36)30-12-10-27(26-42)11-13-30)25-41-20-6-9-33(41)24-40-18-3-4-19-40/h5,7-8,10-17,21,33-36,42H,2-4,6,9,18-20,22-26H2,1H3,(H2,38,39,43). The maximum atomic E-state index is 11.8. The summed E-state index contributed by atoms with van der Waals surface area (Å²) in [7, 11) is 0. The summed E-state index contributed by atoms with van der Waals surface area (Å²) in [4.78, 5) is 17.1. The Bertz CT molecular complexity index is 1380. The van der Waals surface area contributed by atoms with E-state index in [1.165, 1.54) is 45.3 Å². The SMILES string of the molecule is CCNC(=O)NCc1cccc(-c2ccc(C3OC(CN4CCCC4CN4CCCC4)CC(c4ccc(CO)cc4)O3)cc2)c1. The molecule has 0 aliphatic carbocycles. The lowest BCUT2D eigenvalue weighted by molar-refractivity contribution is -0.253. The predicted octanol–water partition coefficient (Wildman–Crippen LogP) is 5.77. The average molecular weight is 613 g/mol. The molecule has 3 aliphatic rings. The van der Waals surface area contributed by atoms with E-state index in [-0.39, 0.29) is 24.8 Å². The van der Waals surface area contributed by atoms with Crippen LogP contribution < -0.4 is 10.6 Å². The van der Waals surface area contributed by atoms with E-state index in [0.717, 1.165) is 52.9 Å². The first kappa shape index (κ1) is 31.7. The number of aliphatic hydroxyl groups excluding tert-OH is 1. The van der Waals surface area contributed by atoms with Crippen LogP contribution in [0.15, 0.2) is 72.8 Å². The second-order valence-corrected chi connectivity index (χ2v) is 12.7. The van der Waals surface area contributed by atoms with Crippen LogP contribution in [-0.2, 0) is 22.6 Å². The number of likely N-dealkylation sites (tertiary alicyclic amines) is 2. The quantitative estimate of drug-likeness (QED) is 0.255. The number of amides is 2. The van der Waals surface area contributed by atoms with E-state index in [4.69, 9.17) is 9.47 Å². The fraction of sp³-hybridized carbons (Fsp3) is 0.486. The number of rotatable bonds is 11.